The number of nitrogens with zero attached hydrogens (tertiary/aromatic N) is 2. The highest BCUT2D eigenvalue weighted by Crippen LogP contribution is 2.27. The number of carbonyl (C=O) groups is 1. The number of fused-ring (bicyclic) bond motifs is 1. The first kappa shape index (κ1) is 15.6. The number of para-hydroxylation sites is 1. The van der Waals surface area contributed by atoms with Crippen LogP contribution in [0.3, 0.4) is 0 Å². The molecule has 0 saturated heterocycles. The summed E-state index contributed by atoms with van der Waals surface area (Å²) in [5.41, 5.74) is 2.10. The number of nitrogens with one attached hydrogen (secondary N) is 1. The highest BCUT2D eigenvalue weighted by molar-refractivity contribution is 5.93. The fourth-order valence-corrected chi connectivity index (χ4v) is 3.16. The van der Waals surface area contributed by atoms with E-state index in [9.17, 15) is 9.59 Å². The van der Waals surface area contributed by atoms with Gasteiger partial charge < -0.3 is 5.32 Å². The molecule has 1 N–H and O–H groups in total. The summed E-state index contributed by atoms with van der Waals surface area (Å²) in [6.07, 6.45) is 3.08. The Balaban J connectivity index is 1.67. The van der Waals surface area contributed by atoms with E-state index in [0.717, 1.165) is 30.6 Å². The smallest absolute Gasteiger partial charge is 0.265 e. The molecule has 25 heavy (non-hydrogen) atoms. The molecule has 1 aliphatic carbocycles. The molecule has 1 saturated carbocycles. The lowest BCUT2D eigenvalue weighted by Crippen LogP contribution is -2.28. The van der Waals surface area contributed by atoms with E-state index in [4.69, 9.17) is 0 Å². The molecule has 1 fully saturated rings. The molecule has 5 nitrogen and oxygen atoms in total. The molecule has 2 aromatic carbocycles. The van der Waals surface area contributed by atoms with Crippen molar-refractivity contribution in [1.29, 1.82) is 0 Å². The van der Waals surface area contributed by atoms with E-state index < -0.39 is 0 Å². The monoisotopic (exact) mass is 333 g/mol. The molecule has 1 aliphatic rings. The van der Waals surface area contributed by atoms with Gasteiger partial charge in [-0.1, -0.05) is 18.6 Å². The molecule has 126 valence electrons. The molecule has 1 heterocycles. The van der Waals surface area contributed by atoms with Gasteiger partial charge >= 0.3 is 0 Å². The van der Waals surface area contributed by atoms with Gasteiger partial charge in [0.25, 0.3) is 5.56 Å². The molecule has 0 atom stereocenters. The maximum atomic E-state index is 12.8. The summed E-state index contributed by atoms with van der Waals surface area (Å²) in [5, 5.41) is 3.53. The van der Waals surface area contributed by atoms with Gasteiger partial charge in [-0.15, -0.1) is 0 Å². The second-order valence-electron chi connectivity index (χ2n) is 6.48. The van der Waals surface area contributed by atoms with E-state index in [2.05, 4.69) is 10.3 Å². The predicted molar refractivity (Wildman–Crippen MR) is 98.0 cm³/mol. The van der Waals surface area contributed by atoms with Crippen LogP contribution in [0.1, 0.15) is 25.1 Å². The van der Waals surface area contributed by atoms with Crippen molar-refractivity contribution in [1.82, 2.24) is 9.55 Å². The van der Waals surface area contributed by atoms with Gasteiger partial charge in [0.05, 0.1) is 16.6 Å². The van der Waals surface area contributed by atoms with Gasteiger partial charge in [-0.05, 0) is 56.2 Å². The molecule has 0 radical (unpaired) electrons. The zero-order valence-corrected chi connectivity index (χ0v) is 14.0. The highest BCUT2D eigenvalue weighted by Gasteiger charge is 2.25. The van der Waals surface area contributed by atoms with E-state index in [0.29, 0.717) is 16.7 Å². The molecule has 0 spiro atoms. The lowest BCUT2D eigenvalue weighted by Gasteiger charge is -2.24. The Kier molecular flexibility index (Phi) is 3.84. The quantitative estimate of drug-likeness (QED) is 0.798. The van der Waals surface area contributed by atoms with E-state index in [1.165, 1.54) is 0 Å². The van der Waals surface area contributed by atoms with E-state index in [-0.39, 0.29) is 17.4 Å². The average Bonchev–Trinajstić information content (AvgIpc) is 2.55. The van der Waals surface area contributed by atoms with Crippen molar-refractivity contribution in [2.75, 3.05) is 5.32 Å². The van der Waals surface area contributed by atoms with Gasteiger partial charge in [-0.25, -0.2) is 4.98 Å². The molecular formula is C20H19N3O2. The lowest BCUT2D eigenvalue weighted by molar-refractivity contribution is -0.122. The standard InChI is InChI=1S/C20H19N3O2/c1-13-21-18-8-3-2-7-17(18)20(25)23(13)16-11-9-15(10-12-16)22-19(24)14-5-4-6-14/h2-3,7-12,14H,4-6H2,1H3,(H,22,24). The Labute approximate surface area is 145 Å². The van der Waals surface area contributed by atoms with Crippen LogP contribution in [0.5, 0.6) is 0 Å². The topological polar surface area (TPSA) is 64.0 Å². The minimum Gasteiger partial charge on any atom is -0.326 e. The normalized spacial score (nSPS) is 14.3. The van der Waals surface area contributed by atoms with Crippen molar-refractivity contribution in [3.8, 4) is 5.69 Å². The van der Waals surface area contributed by atoms with Crippen LogP contribution in [0.2, 0.25) is 0 Å². The minimum atomic E-state index is -0.0886. The maximum absolute atomic E-state index is 12.8. The van der Waals surface area contributed by atoms with Crippen LogP contribution in [0, 0.1) is 12.8 Å². The second kappa shape index (κ2) is 6.16. The fourth-order valence-electron chi connectivity index (χ4n) is 3.16. The van der Waals surface area contributed by atoms with Crippen LogP contribution in [-0.2, 0) is 4.79 Å². The highest BCUT2D eigenvalue weighted by atomic mass is 16.2. The van der Waals surface area contributed by atoms with Crippen molar-refractivity contribution >= 4 is 22.5 Å². The molecule has 0 aliphatic heterocycles. The number of hydrogen-bond donors (Lipinski definition) is 1. The number of rotatable bonds is 3. The minimum absolute atomic E-state index is 0.0831. The molecule has 4 rings (SSSR count). The van der Waals surface area contributed by atoms with Crippen molar-refractivity contribution in [3.63, 3.8) is 0 Å². The average molecular weight is 333 g/mol. The van der Waals surface area contributed by atoms with Crippen LogP contribution < -0.4 is 10.9 Å². The number of amides is 1. The molecule has 3 aromatic rings. The van der Waals surface area contributed by atoms with E-state index in [1.54, 1.807) is 10.6 Å². The number of aromatic nitrogens is 2. The van der Waals surface area contributed by atoms with Crippen molar-refractivity contribution in [3.05, 3.63) is 64.7 Å². The third-order valence-corrected chi connectivity index (χ3v) is 4.81. The van der Waals surface area contributed by atoms with Crippen LogP contribution in [0.25, 0.3) is 16.6 Å². The lowest BCUT2D eigenvalue weighted by atomic mass is 9.85. The molecular weight excluding hydrogens is 314 g/mol. The Morgan fingerprint density at radius 3 is 2.52 bits per heavy atom. The van der Waals surface area contributed by atoms with Gasteiger partial charge in [0.15, 0.2) is 0 Å². The summed E-state index contributed by atoms with van der Waals surface area (Å²) in [4.78, 5) is 29.3. The Bertz CT molecular complexity index is 1000. The first-order valence-corrected chi connectivity index (χ1v) is 8.53. The van der Waals surface area contributed by atoms with Crippen molar-refractivity contribution in [2.24, 2.45) is 5.92 Å². The SMILES string of the molecule is Cc1nc2ccccc2c(=O)n1-c1ccc(NC(=O)C2CCC2)cc1. The van der Waals surface area contributed by atoms with Crippen molar-refractivity contribution in [2.45, 2.75) is 26.2 Å². The third kappa shape index (κ3) is 2.82. The van der Waals surface area contributed by atoms with Crippen LogP contribution in [0.4, 0.5) is 5.69 Å². The summed E-state index contributed by atoms with van der Waals surface area (Å²) >= 11 is 0. The van der Waals surface area contributed by atoms with Gasteiger partial charge in [0.2, 0.25) is 5.91 Å². The number of hydrogen-bond acceptors (Lipinski definition) is 3. The van der Waals surface area contributed by atoms with Gasteiger partial charge in [-0.2, -0.15) is 0 Å². The molecule has 0 bridgehead atoms. The van der Waals surface area contributed by atoms with Gasteiger partial charge in [0.1, 0.15) is 5.82 Å². The van der Waals surface area contributed by atoms with Crippen LogP contribution in [0.15, 0.2) is 53.3 Å². The first-order valence-electron chi connectivity index (χ1n) is 8.53. The summed E-state index contributed by atoms with van der Waals surface area (Å²) < 4.78 is 1.60. The molecule has 0 unspecified atom stereocenters. The Morgan fingerprint density at radius 1 is 1.12 bits per heavy atom. The van der Waals surface area contributed by atoms with E-state index in [1.807, 2.05) is 49.4 Å². The Hall–Kier alpha value is -2.95. The third-order valence-electron chi connectivity index (χ3n) is 4.81. The summed E-state index contributed by atoms with van der Waals surface area (Å²) in [6, 6.07) is 14.7. The van der Waals surface area contributed by atoms with Crippen LogP contribution in [-0.4, -0.2) is 15.5 Å². The van der Waals surface area contributed by atoms with Crippen molar-refractivity contribution < 1.29 is 4.79 Å². The number of aryl methyl sites for hydroxylation is 1. The molecule has 1 amide bonds. The zero-order chi connectivity index (χ0) is 17.4. The fraction of sp³-hybridized carbons (Fsp3) is 0.250. The second-order valence-corrected chi connectivity index (χ2v) is 6.48. The molecule has 1 aromatic heterocycles. The van der Waals surface area contributed by atoms with Crippen LogP contribution >= 0.6 is 0 Å². The van der Waals surface area contributed by atoms with Gasteiger partial charge in [0, 0.05) is 11.6 Å². The van der Waals surface area contributed by atoms with Gasteiger partial charge in [-0.3, -0.25) is 14.2 Å². The zero-order valence-electron chi connectivity index (χ0n) is 14.0. The molecule has 5 heteroatoms. The summed E-state index contributed by atoms with van der Waals surface area (Å²) in [6.45, 7) is 1.82. The number of carbonyl (C=O) groups excluding carboxylic acids is 1. The van der Waals surface area contributed by atoms with E-state index >= 15 is 0 Å². The Morgan fingerprint density at radius 2 is 1.84 bits per heavy atom. The predicted octanol–water partition coefficient (Wildman–Crippen LogP) is 3.43. The summed E-state index contributed by atoms with van der Waals surface area (Å²) in [5.74, 6) is 0.865. The maximum Gasteiger partial charge on any atom is 0.265 e. The summed E-state index contributed by atoms with van der Waals surface area (Å²) in [7, 11) is 0. The largest absolute Gasteiger partial charge is 0.326 e. The number of anilines is 1. The number of benzene rings is 2. The first-order chi connectivity index (χ1) is 12.1.